The van der Waals surface area contributed by atoms with Gasteiger partial charge in [0.15, 0.2) is 0 Å². The smallest absolute Gasteiger partial charge is 0.261 e. The van der Waals surface area contributed by atoms with Crippen LogP contribution in [0.15, 0.2) is 71.6 Å². The Morgan fingerprint density at radius 3 is 2.09 bits per heavy atom. The largest absolute Gasteiger partial charge is 0.497 e. The number of carbonyl (C=O) groups excluding carboxylic acids is 1. The molecule has 3 aromatic carbocycles. The number of aryl methyl sites for hydroxylation is 1. The standard InChI is InChI=1S/C22H23N3O6S2/c1-15-8-13-18(33(29,30)24-16-9-11-17(31-2)12-10-16)14-19(15)22(26)23-20-6-4-5-7-21(20)25-32(3,27)28/h4-14,24-25H,1-3H3,(H,23,26). The van der Waals surface area contributed by atoms with Crippen molar-refractivity contribution < 1.29 is 26.4 Å². The number of ether oxygens (including phenoxy) is 1. The Labute approximate surface area is 192 Å². The van der Waals surface area contributed by atoms with E-state index in [0.29, 0.717) is 17.0 Å². The van der Waals surface area contributed by atoms with Crippen molar-refractivity contribution in [3.63, 3.8) is 0 Å². The van der Waals surface area contributed by atoms with Gasteiger partial charge in [-0.1, -0.05) is 18.2 Å². The van der Waals surface area contributed by atoms with Gasteiger partial charge in [0, 0.05) is 11.3 Å². The van der Waals surface area contributed by atoms with Crippen molar-refractivity contribution >= 4 is 43.0 Å². The lowest BCUT2D eigenvalue weighted by molar-refractivity contribution is 0.102. The number of amides is 1. The molecule has 0 radical (unpaired) electrons. The molecule has 0 aliphatic carbocycles. The van der Waals surface area contributed by atoms with E-state index >= 15 is 0 Å². The van der Waals surface area contributed by atoms with Crippen molar-refractivity contribution in [2.24, 2.45) is 0 Å². The lowest BCUT2D eigenvalue weighted by atomic mass is 10.1. The SMILES string of the molecule is COc1ccc(NS(=O)(=O)c2ccc(C)c(C(=O)Nc3ccccc3NS(C)(=O)=O)c2)cc1. The molecule has 0 aliphatic rings. The monoisotopic (exact) mass is 489 g/mol. The summed E-state index contributed by atoms with van der Waals surface area (Å²) in [6.07, 6.45) is 1.000. The van der Waals surface area contributed by atoms with Crippen molar-refractivity contribution in [3.8, 4) is 5.75 Å². The highest BCUT2D eigenvalue weighted by atomic mass is 32.2. The Morgan fingerprint density at radius 1 is 0.848 bits per heavy atom. The molecule has 174 valence electrons. The average molecular weight is 490 g/mol. The van der Waals surface area contributed by atoms with Gasteiger partial charge in [0.2, 0.25) is 10.0 Å². The molecule has 3 aromatic rings. The summed E-state index contributed by atoms with van der Waals surface area (Å²) in [4.78, 5) is 12.8. The molecule has 1 amide bonds. The van der Waals surface area contributed by atoms with E-state index in [1.54, 1.807) is 43.3 Å². The fourth-order valence-electron chi connectivity index (χ4n) is 2.96. The Kier molecular flexibility index (Phi) is 6.94. The van der Waals surface area contributed by atoms with E-state index in [4.69, 9.17) is 4.74 Å². The van der Waals surface area contributed by atoms with Crippen LogP contribution in [0.5, 0.6) is 5.75 Å². The summed E-state index contributed by atoms with van der Waals surface area (Å²) in [6, 6.07) is 16.8. The van der Waals surface area contributed by atoms with Crippen LogP contribution in [0.3, 0.4) is 0 Å². The van der Waals surface area contributed by atoms with Gasteiger partial charge < -0.3 is 10.1 Å². The van der Waals surface area contributed by atoms with Gasteiger partial charge in [0.1, 0.15) is 5.75 Å². The quantitative estimate of drug-likeness (QED) is 0.444. The average Bonchev–Trinajstić information content (AvgIpc) is 2.74. The fraction of sp³-hybridized carbons (Fsp3) is 0.136. The van der Waals surface area contributed by atoms with Gasteiger partial charge in [-0.25, -0.2) is 16.8 Å². The molecule has 0 heterocycles. The Morgan fingerprint density at radius 2 is 1.48 bits per heavy atom. The van der Waals surface area contributed by atoms with Crippen LogP contribution in [-0.2, 0) is 20.0 Å². The maximum absolute atomic E-state index is 12.9. The maximum Gasteiger partial charge on any atom is 0.261 e. The first-order valence-electron chi connectivity index (χ1n) is 9.64. The van der Waals surface area contributed by atoms with E-state index in [1.165, 1.54) is 37.4 Å². The Bertz CT molecular complexity index is 1390. The highest BCUT2D eigenvalue weighted by Gasteiger charge is 2.19. The van der Waals surface area contributed by atoms with Gasteiger partial charge in [-0.15, -0.1) is 0 Å². The third-order valence-electron chi connectivity index (χ3n) is 4.58. The number of hydrogen-bond acceptors (Lipinski definition) is 6. The third kappa shape index (κ3) is 6.24. The van der Waals surface area contributed by atoms with Crippen LogP contribution in [0.25, 0.3) is 0 Å². The number of methoxy groups -OCH3 is 1. The summed E-state index contributed by atoms with van der Waals surface area (Å²) in [5.74, 6) is -0.00497. The minimum Gasteiger partial charge on any atom is -0.497 e. The molecule has 0 fully saturated rings. The second-order valence-electron chi connectivity index (χ2n) is 7.18. The lowest BCUT2D eigenvalue weighted by Gasteiger charge is -2.14. The van der Waals surface area contributed by atoms with Crippen molar-refractivity contribution in [1.82, 2.24) is 0 Å². The normalized spacial score (nSPS) is 11.5. The lowest BCUT2D eigenvalue weighted by Crippen LogP contribution is -2.18. The van der Waals surface area contributed by atoms with Crippen molar-refractivity contribution in [1.29, 1.82) is 0 Å². The number of nitrogens with one attached hydrogen (secondary N) is 3. The molecule has 0 aliphatic heterocycles. The van der Waals surface area contributed by atoms with Gasteiger partial charge in [-0.2, -0.15) is 0 Å². The second-order valence-corrected chi connectivity index (χ2v) is 10.6. The highest BCUT2D eigenvalue weighted by Crippen LogP contribution is 2.25. The summed E-state index contributed by atoms with van der Waals surface area (Å²) in [5, 5.41) is 2.64. The van der Waals surface area contributed by atoms with Crippen molar-refractivity contribution in [2.75, 3.05) is 28.1 Å². The Hall–Kier alpha value is -3.57. The molecule has 11 heteroatoms. The fourth-order valence-corrected chi connectivity index (χ4v) is 4.62. The summed E-state index contributed by atoms with van der Waals surface area (Å²) < 4.78 is 58.8. The van der Waals surface area contributed by atoms with Gasteiger partial charge in [0.25, 0.3) is 15.9 Å². The Balaban J connectivity index is 1.87. The van der Waals surface area contributed by atoms with E-state index in [1.807, 2.05) is 0 Å². The minimum atomic E-state index is -3.97. The molecule has 0 bridgehead atoms. The molecule has 33 heavy (non-hydrogen) atoms. The molecular formula is C22H23N3O6S2. The minimum absolute atomic E-state index is 0.100. The van der Waals surface area contributed by atoms with Crippen LogP contribution in [0.1, 0.15) is 15.9 Å². The summed E-state index contributed by atoms with van der Waals surface area (Å²) in [7, 11) is -6.03. The molecule has 0 spiro atoms. The maximum atomic E-state index is 12.9. The number of para-hydroxylation sites is 2. The topological polar surface area (TPSA) is 131 Å². The first-order valence-corrected chi connectivity index (χ1v) is 13.0. The summed E-state index contributed by atoms with van der Waals surface area (Å²) in [6.45, 7) is 1.67. The van der Waals surface area contributed by atoms with Gasteiger partial charge in [-0.3, -0.25) is 14.2 Å². The zero-order valence-corrected chi connectivity index (χ0v) is 19.7. The molecule has 3 rings (SSSR count). The van der Waals surface area contributed by atoms with Crippen LogP contribution in [0.2, 0.25) is 0 Å². The summed E-state index contributed by atoms with van der Waals surface area (Å²) in [5.41, 5.74) is 1.43. The summed E-state index contributed by atoms with van der Waals surface area (Å²) >= 11 is 0. The van der Waals surface area contributed by atoms with Crippen molar-refractivity contribution in [3.05, 3.63) is 77.9 Å². The molecular weight excluding hydrogens is 466 g/mol. The molecule has 0 unspecified atom stereocenters. The van der Waals surface area contributed by atoms with Crippen LogP contribution in [0, 0.1) is 6.92 Å². The number of carbonyl (C=O) groups is 1. The number of anilines is 3. The predicted octanol–water partition coefficient (Wildman–Crippen LogP) is 3.43. The van der Waals surface area contributed by atoms with Crippen LogP contribution in [0.4, 0.5) is 17.1 Å². The van der Waals surface area contributed by atoms with Crippen LogP contribution < -0.4 is 19.5 Å². The number of hydrogen-bond donors (Lipinski definition) is 3. The van der Waals surface area contributed by atoms with Crippen molar-refractivity contribution in [2.45, 2.75) is 11.8 Å². The number of rotatable bonds is 8. The van der Waals surface area contributed by atoms with E-state index in [-0.39, 0.29) is 21.8 Å². The molecule has 0 saturated heterocycles. The van der Waals surface area contributed by atoms with E-state index < -0.39 is 26.0 Å². The molecule has 3 N–H and O–H groups in total. The third-order valence-corrected chi connectivity index (χ3v) is 6.55. The predicted molar refractivity (Wildman–Crippen MR) is 128 cm³/mol. The zero-order valence-electron chi connectivity index (χ0n) is 18.1. The molecule has 0 aromatic heterocycles. The van der Waals surface area contributed by atoms with E-state index in [9.17, 15) is 21.6 Å². The van der Waals surface area contributed by atoms with E-state index in [0.717, 1.165) is 6.26 Å². The molecule has 0 saturated carbocycles. The first-order chi connectivity index (χ1) is 15.5. The number of benzene rings is 3. The number of sulfonamides is 2. The molecule has 9 nitrogen and oxygen atoms in total. The first kappa shape index (κ1) is 24.1. The zero-order chi connectivity index (χ0) is 24.2. The second kappa shape index (κ2) is 9.51. The van der Waals surface area contributed by atoms with Gasteiger partial charge >= 0.3 is 0 Å². The van der Waals surface area contributed by atoms with E-state index in [2.05, 4.69) is 14.8 Å². The van der Waals surface area contributed by atoms with Crippen LogP contribution in [-0.4, -0.2) is 36.1 Å². The van der Waals surface area contributed by atoms with Gasteiger partial charge in [-0.05, 0) is 61.0 Å². The van der Waals surface area contributed by atoms with Gasteiger partial charge in [0.05, 0.1) is 29.6 Å². The highest BCUT2D eigenvalue weighted by molar-refractivity contribution is 7.92. The molecule has 0 atom stereocenters. The van der Waals surface area contributed by atoms with Crippen LogP contribution >= 0.6 is 0 Å².